The lowest BCUT2D eigenvalue weighted by Crippen LogP contribution is -2.62. The molecule has 2 aliphatic rings. The van der Waals surface area contributed by atoms with Crippen molar-refractivity contribution in [3.8, 4) is 0 Å². The first-order valence-corrected chi connectivity index (χ1v) is 5.98. The van der Waals surface area contributed by atoms with E-state index in [-0.39, 0.29) is 23.1 Å². The van der Waals surface area contributed by atoms with Crippen LogP contribution in [0.4, 0.5) is 4.79 Å². The second-order valence-corrected chi connectivity index (χ2v) is 6.22. The highest BCUT2D eigenvalue weighted by Gasteiger charge is 2.59. The van der Waals surface area contributed by atoms with E-state index in [2.05, 4.69) is 20.8 Å². The van der Waals surface area contributed by atoms with E-state index in [9.17, 15) is 15.0 Å². The Balaban J connectivity index is 2.42. The molecule has 92 valence electrons. The molecule has 2 saturated heterocycles. The van der Waals surface area contributed by atoms with Crippen LogP contribution in [0.2, 0.25) is 0 Å². The van der Waals surface area contributed by atoms with Crippen LogP contribution in [0.3, 0.4) is 0 Å². The van der Waals surface area contributed by atoms with Crippen molar-refractivity contribution < 1.29 is 15.0 Å². The first-order valence-electron chi connectivity index (χ1n) is 5.98. The van der Waals surface area contributed by atoms with Crippen molar-refractivity contribution in [2.24, 2.45) is 5.41 Å². The van der Waals surface area contributed by atoms with Crippen LogP contribution in [-0.2, 0) is 0 Å². The monoisotopic (exact) mass is 227 g/mol. The highest BCUT2D eigenvalue weighted by atomic mass is 16.4. The smallest absolute Gasteiger partial charge is 0.408 e. The predicted molar refractivity (Wildman–Crippen MR) is 60.3 cm³/mol. The first-order chi connectivity index (χ1) is 7.28. The van der Waals surface area contributed by atoms with Crippen molar-refractivity contribution in [3.63, 3.8) is 0 Å². The van der Waals surface area contributed by atoms with Gasteiger partial charge in [-0.05, 0) is 31.1 Å². The zero-order valence-corrected chi connectivity index (χ0v) is 10.2. The number of hydrogen-bond acceptors (Lipinski definition) is 2. The lowest BCUT2D eigenvalue weighted by molar-refractivity contribution is -0.0588. The lowest BCUT2D eigenvalue weighted by atomic mass is 9.68. The molecule has 1 amide bonds. The fraction of sp³-hybridized carbons (Fsp3) is 0.917. The summed E-state index contributed by atoms with van der Waals surface area (Å²) in [6, 6.07) is 0.0143. The Morgan fingerprint density at radius 2 is 2.06 bits per heavy atom. The zero-order chi connectivity index (χ0) is 12.1. The van der Waals surface area contributed by atoms with E-state index in [0.29, 0.717) is 12.8 Å². The Kier molecular flexibility index (Phi) is 2.46. The maximum absolute atomic E-state index is 11.4. The van der Waals surface area contributed by atoms with Gasteiger partial charge >= 0.3 is 6.09 Å². The normalized spacial score (nSPS) is 38.9. The van der Waals surface area contributed by atoms with Gasteiger partial charge in [0.05, 0.1) is 11.6 Å². The number of hydrogen-bond donors (Lipinski definition) is 2. The highest BCUT2D eigenvalue weighted by molar-refractivity contribution is 5.68. The summed E-state index contributed by atoms with van der Waals surface area (Å²) in [5, 5.41) is 19.3. The Morgan fingerprint density at radius 3 is 2.56 bits per heavy atom. The van der Waals surface area contributed by atoms with E-state index in [4.69, 9.17) is 0 Å². The van der Waals surface area contributed by atoms with Crippen LogP contribution in [0.15, 0.2) is 0 Å². The molecule has 2 heterocycles. The van der Waals surface area contributed by atoms with Gasteiger partial charge in [0.25, 0.3) is 0 Å². The minimum Gasteiger partial charge on any atom is -0.465 e. The Bertz CT molecular complexity index is 310. The summed E-state index contributed by atoms with van der Waals surface area (Å²) in [6.45, 7) is 6.22. The second-order valence-electron chi connectivity index (χ2n) is 6.22. The molecule has 0 aromatic carbocycles. The summed E-state index contributed by atoms with van der Waals surface area (Å²) >= 11 is 0. The number of rotatable bonds is 0. The molecule has 4 heteroatoms. The van der Waals surface area contributed by atoms with Crippen molar-refractivity contribution in [1.82, 2.24) is 4.90 Å². The van der Waals surface area contributed by atoms with Crippen molar-refractivity contribution >= 4 is 6.09 Å². The number of fused-ring (bicyclic) bond motifs is 2. The molecule has 16 heavy (non-hydrogen) atoms. The molecule has 0 saturated carbocycles. The Morgan fingerprint density at radius 1 is 1.44 bits per heavy atom. The van der Waals surface area contributed by atoms with Crippen LogP contribution in [0.25, 0.3) is 0 Å². The van der Waals surface area contributed by atoms with E-state index < -0.39 is 6.09 Å². The van der Waals surface area contributed by atoms with Crippen LogP contribution >= 0.6 is 0 Å². The fourth-order valence-electron chi connectivity index (χ4n) is 3.60. The number of amides is 1. The number of aliphatic hydroxyl groups excluding tert-OH is 1. The largest absolute Gasteiger partial charge is 0.465 e. The molecule has 4 nitrogen and oxygen atoms in total. The number of carboxylic acid groups (broad SMARTS) is 1. The average molecular weight is 227 g/mol. The van der Waals surface area contributed by atoms with Crippen molar-refractivity contribution in [2.75, 3.05) is 0 Å². The third-order valence-corrected chi connectivity index (χ3v) is 4.44. The summed E-state index contributed by atoms with van der Waals surface area (Å²) in [4.78, 5) is 13.0. The van der Waals surface area contributed by atoms with Crippen molar-refractivity contribution in [3.05, 3.63) is 0 Å². The van der Waals surface area contributed by atoms with Gasteiger partial charge in [-0.3, -0.25) is 4.90 Å². The molecule has 0 unspecified atom stereocenters. The van der Waals surface area contributed by atoms with Crippen LogP contribution in [0, 0.1) is 5.41 Å². The van der Waals surface area contributed by atoms with E-state index in [1.54, 1.807) is 4.90 Å². The Labute approximate surface area is 96.3 Å². The molecular weight excluding hydrogens is 206 g/mol. The van der Waals surface area contributed by atoms with E-state index in [0.717, 1.165) is 12.8 Å². The van der Waals surface area contributed by atoms with E-state index in [1.165, 1.54) is 0 Å². The molecule has 2 N–H and O–H groups in total. The van der Waals surface area contributed by atoms with Crippen LogP contribution < -0.4 is 0 Å². The van der Waals surface area contributed by atoms with Crippen molar-refractivity contribution in [1.29, 1.82) is 0 Å². The summed E-state index contributed by atoms with van der Waals surface area (Å²) in [5.74, 6) is 0. The van der Waals surface area contributed by atoms with E-state index in [1.807, 2.05) is 0 Å². The topological polar surface area (TPSA) is 60.8 Å². The molecule has 0 aliphatic carbocycles. The summed E-state index contributed by atoms with van der Waals surface area (Å²) in [5.41, 5.74) is -0.497. The maximum Gasteiger partial charge on any atom is 0.408 e. The molecule has 0 spiro atoms. The molecule has 0 radical (unpaired) electrons. The van der Waals surface area contributed by atoms with Gasteiger partial charge in [-0.25, -0.2) is 4.79 Å². The predicted octanol–water partition coefficient (Wildman–Crippen LogP) is 2.07. The molecule has 0 aromatic rings. The van der Waals surface area contributed by atoms with Gasteiger partial charge in [0.15, 0.2) is 0 Å². The van der Waals surface area contributed by atoms with Gasteiger partial charge in [-0.1, -0.05) is 20.8 Å². The number of nitrogens with zero attached hydrogens (tertiary/aromatic N) is 1. The summed E-state index contributed by atoms with van der Waals surface area (Å²) in [7, 11) is 0. The maximum atomic E-state index is 11.4. The SMILES string of the molecule is CC(C)(C)[C@@]12CC[C@@H](C[C@@H](O)C1)N2C(=O)O. The molecule has 2 rings (SSSR count). The lowest BCUT2D eigenvalue weighted by Gasteiger charge is -2.52. The number of piperidine rings is 1. The second kappa shape index (κ2) is 3.36. The third kappa shape index (κ3) is 1.43. The first kappa shape index (κ1) is 11.7. The minimum absolute atomic E-state index is 0.0143. The molecule has 2 fully saturated rings. The molecule has 2 aliphatic heterocycles. The third-order valence-electron chi connectivity index (χ3n) is 4.44. The minimum atomic E-state index is -0.829. The zero-order valence-electron chi connectivity index (χ0n) is 10.2. The summed E-state index contributed by atoms with van der Waals surface area (Å²) < 4.78 is 0. The van der Waals surface area contributed by atoms with Gasteiger partial charge in [0.2, 0.25) is 0 Å². The van der Waals surface area contributed by atoms with Crippen molar-refractivity contribution in [2.45, 2.75) is 64.1 Å². The number of carbonyl (C=O) groups is 1. The number of aliphatic hydroxyl groups is 1. The molecule has 3 atom stereocenters. The molecular formula is C12H21NO3. The van der Waals surface area contributed by atoms with Gasteiger partial charge < -0.3 is 10.2 Å². The van der Waals surface area contributed by atoms with Crippen LogP contribution in [0.5, 0.6) is 0 Å². The van der Waals surface area contributed by atoms with Crippen LogP contribution in [-0.4, -0.2) is 38.9 Å². The molecule has 2 bridgehead atoms. The van der Waals surface area contributed by atoms with Crippen LogP contribution in [0.1, 0.15) is 46.5 Å². The Hall–Kier alpha value is -0.770. The van der Waals surface area contributed by atoms with E-state index >= 15 is 0 Å². The quantitative estimate of drug-likeness (QED) is 0.666. The van der Waals surface area contributed by atoms with Gasteiger partial charge in [0, 0.05) is 6.04 Å². The van der Waals surface area contributed by atoms with Gasteiger partial charge in [0.1, 0.15) is 0 Å². The van der Waals surface area contributed by atoms with Gasteiger partial charge in [-0.2, -0.15) is 0 Å². The standard InChI is InChI=1S/C12H21NO3/c1-11(2,3)12-5-4-8(6-9(14)7-12)13(12)10(15)16/h8-9,14H,4-7H2,1-3H3,(H,15,16)/t8-,9+,12+/m0/s1. The molecule has 0 aromatic heterocycles. The fourth-order valence-corrected chi connectivity index (χ4v) is 3.60. The average Bonchev–Trinajstić information content (AvgIpc) is 2.35. The van der Waals surface area contributed by atoms with Gasteiger partial charge in [-0.15, -0.1) is 0 Å². The highest BCUT2D eigenvalue weighted by Crippen LogP contribution is 2.53. The summed E-state index contributed by atoms with van der Waals surface area (Å²) in [6.07, 6.45) is 1.78.